The molecule has 0 radical (unpaired) electrons. The predicted octanol–water partition coefficient (Wildman–Crippen LogP) is 4.55. The molecule has 1 heterocycles. The van der Waals surface area contributed by atoms with Crippen LogP contribution in [0.2, 0.25) is 0 Å². The smallest absolute Gasteiger partial charge is 0.237 e. The molecule has 0 saturated carbocycles. The molecule has 0 fully saturated rings. The van der Waals surface area contributed by atoms with Gasteiger partial charge in [0, 0.05) is 38.0 Å². The summed E-state index contributed by atoms with van der Waals surface area (Å²) in [6.07, 6.45) is 6.23. The van der Waals surface area contributed by atoms with Gasteiger partial charge in [0.25, 0.3) is 0 Å². The molecule has 1 N–H and O–H groups in total. The number of hydrogen-bond donors (Lipinski definition) is 1. The SMILES string of the molecule is C/N=C\C(=O)/C(O)=C/c1nccn1CCC(c1ccc(F)cc1)c1ccc(F)cc1. The first-order valence-electron chi connectivity index (χ1n) is 9.37. The molecule has 0 aliphatic heterocycles. The van der Waals surface area contributed by atoms with Gasteiger partial charge in [0.2, 0.25) is 5.78 Å². The highest BCUT2D eigenvalue weighted by Crippen LogP contribution is 2.29. The first-order chi connectivity index (χ1) is 14.5. The fourth-order valence-corrected chi connectivity index (χ4v) is 3.21. The van der Waals surface area contributed by atoms with Crippen molar-refractivity contribution >= 4 is 18.1 Å². The number of aryl methyl sites for hydroxylation is 1. The number of rotatable bonds is 8. The fourth-order valence-electron chi connectivity index (χ4n) is 3.21. The van der Waals surface area contributed by atoms with E-state index < -0.39 is 11.5 Å². The van der Waals surface area contributed by atoms with E-state index in [-0.39, 0.29) is 17.6 Å². The molecule has 0 saturated heterocycles. The van der Waals surface area contributed by atoms with Crippen LogP contribution in [0.5, 0.6) is 0 Å². The van der Waals surface area contributed by atoms with E-state index >= 15 is 0 Å². The van der Waals surface area contributed by atoms with Gasteiger partial charge in [-0.05, 0) is 41.8 Å². The molecule has 7 heteroatoms. The van der Waals surface area contributed by atoms with Crippen LogP contribution in [-0.2, 0) is 11.3 Å². The van der Waals surface area contributed by atoms with E-state index in [1.54, 1.807) is 41.2 Å². The zero-order valence-corrected chi connectivity index (χ0v) is 16.4. The predicted molar refractivity (Wildman–Crippen MR) is 112 cm³/mol. The zero-order chi connectivity index (χ0) is 21.5. The van der Waals surface area contributed by atoms with Crippen LogP contribution in [0.1, 0.15) is 29.3 Å². The third kappa shape index (κ3) is 5.26. The van der Waals surface area contributed by atoms with E-state index in [0.717, 1.165) is 17.3 Å². The van der Waals surface area contributed by atoms with Gasteiger partial charge in [-0.15, -0.1) is 0 Å². The molecule has 0 aliphatic carbocycles. The van der Waals surface area contributed by atoms with Gasteiger partial charge in [-0.3, -0.25) is 9.79 Å². The molecule has 30 heavy (non-hydrogen) atoms. The van der Waals surface area contributed by atoms with E-state index in [0.29, 0.717) is 18.8 Å². The Morgan fingerprint density at radius 2 is 1.67 bits per heavy atom. The second kappa shape index (κ2) is 9.73. The summed E-state index contributed by atoms with van der Waals surface area (Å²) in [5.41, 5.74) is 1.80. The Morgan fingerprint density at radius 1 is 1.10 bits per heavy atom. The van der Waals surface area contributed by atoms with Crippen molar-refractivity contribution in [1.29, 1.82) is 0 Å². The van der Waals surface area contributed by atoms with E-state index in [1.165, 1.54) is 37.4 Å². The van der Waals surface area contributed by atoms with Crippen molar-refractivity contribution in [2.45, 2.75) is 18.9 Å². The Bertz CT molecular complexity index is 1010. The monoisotopic (exact) mass is 409 g/mol. The molecular formula is C23H21F2N3O2. The molecule has 0 bridgehead atoms. The number of aromatic nitrogens is 2. The van der Waals surface area contributed by atoms with Crippen molar-refractivity contribution < 1.29 is 18.7 Å². The number of nitrogens with zero attached hydrogens (tertiary/aromatic N) is 3. The van der Waals surface area contributed by atoms with Gasteiger partial charge in [-0.25, -0.2) is 13.8 Å². The molecule has 0 amide bonds. The summed E-state index contributed by atoms with van der Waals surface area (Å²) >= 11 is 0. The van der Waals surface area contributed by atoms with E-state index in [9.17, 15) is 18.7 Å². The highest BCUT2D eigenvalue weighted by atomic mass is 19.1. The van der Waals surface area contributed by atoms with Crippen LogP contribution >= 0.6 is 0 Å². The third-order valence-corrected chi connectivity index (χ3v) is 4.72. The molecule has 0 atom stereocenters. The average Bonchev–Trinajstić information content (AvgIpc) is 3.17. The van der Waals surface area contributed by atoms with Crippen molar-refractivity contribution in [3.05, 3.63) is 95.3 Å². The number of imidazole rings is 1. The van der Waals surface area contributed by atoms with Gasteiger partial charge < -0.3 is 9.67 Å². The number of carbonyl (C=O) groups excluding carboxylic acids is 1. The topological polar surface area (TPSA) is 67.5 Å². The Labute approximate surface area is 173 Å². The van der Waals surface area contributed by atoms with Gasteiger partial charge in [0.1, 0.15) is 17.5 Å². The van der Waals surface area contributed by atoms with Gasteiger partial charge >= 0.3 is 0 Å². The molecule has 0 aliphatic rings. The quantitative estimate of drug-likeness (QED) is 0.337. The Morgan fingerprint density at radius 3 is 2.20 bits per heavy atom. The van der Waals surface area contributed by atoms with Crippen LogP contribution < -0.4 is 0 Å². The van der Waals surface area contributed by atoms with Crippen LogP contribution in [0.25, 0.3) is 6.08 Å². The lowest BCUT2D eigenvalue weighted by atomic mass is 9.88. The summed E-state index contributed by atoms with van der Waals surface area (Å²) in [6, 6.07) is 12.5. The minimum Gasteiger partial charge on any atom is -0.504 e. The van der Waals surface area contributed by atoms with Crippen molar-refractivity contribution in [3.63, 3.8) is 0 Å². The van der Waals surface area contributed by atoms with E-state index in [1.807, 2.05) is 0 Å². The molecule has 0 spiro atoms. The maximum atomic E-state index is 13.4. The van der Waals surface area contributed by atoms with E-state index in [4.69, 9.17) is 0 Å². The molecule has 5 nitrogen and oxygen atoms in total. The normalized spacial score (nSPS) is 12.1. The van der Waals surface area contributed by atoms with Crippen LogP contribution in [0.4, 0.5) is 8.78 Å². The lowest BCUT2D eigenvalue weighted by Crippen LogP contribution is -2.09. The second-order valence-corrected chi connectivity index (χ2v) is 6.70. The van der Waals surface area contributed by atoms with Crippen molar-refractivity contribution in [2.24, 2.45) is 4.99 Å². The lowest BCUT2D eigenvalue weighted by Gasteiger charge is -2.19. The molecular weight excluding hydrogens is 388 g/mol. The molecule has 2 aromatic carbocycles. The van der Waals surface area contributed by atoms with E-state index in [2.05, 4.69) is 9.98 Å². The maximum Gasteiger partial charge on any atom is 0.237 e. The summed E-state index contributed by atoms with van der Waals surface area (Å²) in [5.74, 6) is -1.40. The largest absolute Gasteiger partial charge is 0.504 e. The van der Waals surface area contributed by atoms with Crippen molar-refractivity contribution in [3.8, 4) is 0 Å². The van der Waals surface area contributed by atoms with Gasteiger partial charge in [-0.2, -0.15) is 0 Å². The number of Topliss-reactive ketones (excluding diaryl/α,β-unsaturated/α-hetero) is 1. The Hall–Kier alpha value is -3.61. The number of carbonyl (C=O) groups is 1. The van der Waals surface area contributed by atoms with Crippen LogP contribution in [-0.4, -0.2) is 33.7 Å². The molecule has 1 aromatic heterocycles. The summed E-state index contributed by atoms with van der Waals surface area (Å²) < 4.78 is 28.6. The second-order valence-electron chi connectivity index (χ2n) is 6.70. The van der Waals surface area contributed by atoms with Gasteiger partial charge in [-0.1, -0.05) is 24.3 Å². The number of allylic oxidation sites excluding steroid dienone is 1. The first-order valence-corrected chi connectivity index (χ1v) is 9.37. The summed E-state index contributed by atoms with van der Waals surface area (Å²) in [6.45, 7) is 0.509. The number of ketones is 1. The first kappa shape index (κ1) is 21.1. The summed E-state index contributed by atoms with van der Waals surface area (Å²) in [5, 5.41) is 9.93. The number of hydrogen-bond acceptors (Lipinski definition) is 4. The number of aliphatic hydroxyl groups is 1. The summed E-state index contributed by atoms with van der Waals surface area (Å²) in [7, 11) is 1.44. The molecule has 154 valence electrons. The lowest BCUT2D eigenvalue weighted by molar-refractivity contribution is -0.111. The number of benzene rings is 2. The Balaban J connectivity index is 1.84. The van der Waals surface area contributed by atoms with Crippen molar-refractivity contribution in [1.82, 2.24) is 9.55 Å². The standard InChI is InChI=1S/C23H21F2N3O2/c1-26-15-22(30)21(29)14-23-27-11-13-28(23)12-10-20(16-2-6-18(24)7-3-16)17-4-8-19(25)9-5-17/h2-9,11,13-15,20,29H,10,12H2,1H3/b21-14-,26-15-. The highest BCUT2D eigenvalue weighted by molar-refractivity contribution is 6.35. The number of halogens is 2. The van der Waals surface area contributed by atoms with Crippen LogP contribution in [0.3, 0.4) is 0 Å². The van der Waals surface area contributed by atoms with Gasteiger partial charge in [0.15, 0.2) is 5.76 Å². The highest BCUT2D eigenvalue weighted by Gasteiger charge is 2.16. The average molecular weight is 409 g/mol. The minimum absolute atomic E-state index is 0.104. The van der Waals surface area contributed by atoms with Crippen LogP contribution in [0, 0.1) is 11.6 Å². The van der Waals surface area contributed by atoms with Crippen LogP contribution in [0.15, 0.2) is 71.7 Å². The molecule has 3 rings (SSSR count). The minimum atomic E-state index is -0.609. The van der Waals surface area contributed by atoms with Gasteiger partial charge in [0.05, 0.1) is 6.21 Å². The summed E-state index contributed by atoms with van der Waals surface area (Å²) in [4.78, 5) is 19.5. The van der Waals surface area contributed by atoms with Crippen molar-refractivity contribution in [2.75, 3.05) is 7.05 Å². The Kier molecular flexibility index (Phi) is 6.85. The third-order valence-electron chi connectivity index (χ3n) is 4.72. The molecule has 3 aromatic rings. The maximum absolute atomic E-state index is 13.4. The fraction of sp³-hybridized carbons (Fsp3) is 0.174. The zero-order valence-electron chi connectivity index (χ0n) is 16.4. The number of aliphatic imine (C=N–C) groups is 1. The molecule has 0 unspecified atom stereocenters. The number of aliphatic hydroxyl groups excluding tert-OH is 1.